The molecule has 0 heterocycles. The Kier molecular flexibility index (Phi) is 6.05. The molecule has 0 aliphatic rings. The van der Waals surface area contributed by atoms with E-state index in [-0.39, 0.29) is 23.3 Å². The molecule has 0 aromatic heterocycles. The predicted octanol–water partition coefficient (Wildman–Crippen LogP) is 3.69. The number of rotatable bonds is 6. The van der Waals surface area contributed by atoms with Crippen LogP contribution in [-0.4, -0.2) is 17.7 Å². The first-order chi connectivity index (χ1) is 8.06. The summed E-state index contributed by atoms with van der Waals surface area (Å²) in [5.41, 5.74) is 1.59. The fourth-order valence-electron chi connectivity index (χ4n) is 1.33. The van der Waals surface area contributed by atoms with Gasteiger partial charge >= 0.3 is 6.61 Å². The van der Waals surface area contributed by atoms with Crippen LogP contribution in [0.15, 0.2) is 18.2 Å². The Labute approximate surface area is 115 Å². The molecule has 0 N–H and O–H groups in total. The van der Waals surface area contributed by atoms with Gasteiger partial charge in [0.15, 0.2) is 0 Å². The van der Waals surface area contributed by atoms with E-state index in [0.717, 1.165) is 11.1 Å². The third kappa shape index (κ3) is 4.71. The molecule has 6 heteroatoms. The smallest absolute Gasteiger partial charge is 0.387 e. The molecule has 94 valence electrons. The molecule has 0 aliphatic carbocycles. The van der Waals surface area contributed by atoms with Crippen LogP contribution in [0.1, 0.15) is 11.1 Å². The zero-order valence-corrected chi connectivity index (χ0v) is 11.9. The molecule has 0 aliphatic heterocycles. The van der Waals surface area contributed by atoms with E-state index in [1.54, 1.807) is 6.07 Å². The Bertz CT molecular complexity index is 397. The summed E-state index contributed by atoms with van der Waals surface area (Å²) in [6, 6.07) is 4.59. The van der Waals surface area contributed by atoms with Gasteiger partial charge in [0.1, 0.15) is 11.5 Å². The summed E-state index contributed by atoms with van der Waals surface area (Å²) in [5.74, 6) is 0.138. The van der Waals surface area contributed by atoms with Gasteiger partial charge in [-0.25, -0.2) is 0 Å². The number of hydrogen-bond donors (Lipinski definition) is 0. The molecule has 0 unspecified atom stereocenters. The van der Waals surface area contributed by atoms with Gasteiger partial charge in [0, 0.05) is 11.8 Å². The van der Waals surface area contributed by atoms with Crippen molar-refractivity contribution >= 4 is 37.6 Å². The molecular weight excluding hydrogens is 362 g/mol. The van der Waals surface area contributed by atoms with Crippen LogP contribution >= 0.6 is 31.9 Å². The third-order valence-electron chi connectivity index (χ3n) is 2.08. The minimum atomic E-state index is -2.84. The van der Waals surface area contributed by atoms with Crippen LogP contribution < -0.4 is 4.74 Å². The first-order valence-corrected chi connectivity index (χ1v) is 7.01. The molecule has 0 amide bonds. The molecular formula is C11H10Br2F2O2. The summed E-state index contributed by atoms with van der Waals surface area (Å²) in [5, 5.41) is 0.766. The average Bonchev–Trinajstić information content (AvgIpc) is 2.30. The molecule has 2 nitrogen and oxygen atoms in total. The molecule has 0 saturated heterocycles. The number of Topliss-reactive ketones (excluding diaryl/α,β-unsaturated/α-hetero) is 1. The SMILES string of the molecule is O=C(CBr)Cc1ccc(OC(F)F)cc1CBr. The highest BCUT2D eigenvalue weighted by Crippen LogP contribution is 2.22. The van der Waals surface area contributed by atoms with Gasteiger partial charge in [-0.3, -0.25) is 4.79 Å². The standard InChI is InChI=1S/C11H10Br2F2O2/c12-5-8-4-10(17-11(14)15)2-1-7(8)3-9(16)6-13/h1-2,4,11H,3,5-6H2. The van der Waals surface area contributed by atoms with E-state index in [0.29, 0.717) is 5.33 Å². The molecule has 1 aromatic carbocycles. The van der Waals surface area contributed by atoms with Crippen molar-refractivity contribution in [2.24, 2.45) is 0 Å². The normalized spacial score (nSPS) is 10.6. The van der Waals surface area contributed by atoms with E-state index >= 15 is 0 Å². The van der Waals surface area contributed by atoms with E-state index in [1.807, 2.05) is 0 Å². The second-order valence-corrected chi connectivity index (χ2v) is 4.41. The van der Waals surface area contributed by atoms with Gasteiger partial charge in [-0.2, -0.15) is 8.78 Å². The second-order valence-electron chi connectivity index (χ2n) is 3.29. The third-order valence-corrected chi connectivity index (χ3v) is 3.31. The van der Waals surface area contributed by atoms with Crippen molar-refractivity contribution in [2.45, 2.75) is 18.4 Å². The van der Waals surface area contributed by atoms with Gasteiger partial charge in [0.25, 0.3) is 0 Å². The van der Waals surface area contributed by atoms with E-state index in [1.165, 1.54) is 12.1 Å². The number of ether oxygens (including phenoxy) is 1. The Morgan fingerprint density at radius 2 is 2.00 bits per heavy atom. The number of benzene rings is 1. The molecule has 0 fully saturated rings. The topological polar surface area (TPSA) is 26.3 Å². The van der Waals surface area contributed by atoms with Gasteiger partial charge < -0.3 is 4.74 Å². The van der Waals surface area contributed by atoms with Gasteiger partial charge in [-0.05, 0) is 23.3 Å². The molecule has 0 saturated carbocycles. The fourth-order valence-corrected chi connectivity index (χ4v) is 2.06. The number of halogens is 4. The summed E-state index contributed by atoms with van der Waals surface area (Å²) in [6.07, 6.45) is 0.279. The first kappa shape index (κ1) is 14.6. The maximum Gasteiger partial charge on any atom is 0.387 e. The highest BCUT2D eigenvalue weighted by molar-refractivity contribution is 9.09. The Hall–Kier alpha value is -0.490. The lowest BCUT2D eigenvalue weighted by Crippen LogP contribution is -2.07. The van der Waals surface area contributed by atoms with Crippen molar-refractivity contribution in [2.75, 3.05) is 5.33 Å². The minimum absolute atomic E-state index is 0.0368. The molecule has 0 atom stereocenters. The molecule has 17 heavy (non-hydrogen) atoms. The van der Waals surface area contributed by atoms with Gasteiger partial charge in [0.2, 0.25) is 0 Å². The van der Waals surface area contributed by atoms with Crippen LogP contribution in [0.25, 0.3) is 0 Å². The maximum atomic E-state index is 12.0. The van der Waals surface area contributed by atoms with Crippen molar-refractivity contribution in [1.82, 2.24) is 0 Å². The number of alkyl halides is 4. The van der Waals surface area contributed by atoms with Crippen molar-refractivity contribution in [3.8, 4) is 5.75 Å². The quantitative estimate of drug-likeness (QED) is 0.713. The lowest BCUT2D eigenvalue weighted by Gasteiger charge is -2.10. The number of hydrogen-bond acceptors (Lipinski definition) is 2. The van der Waals surface area contributed by atoms with E-state index in [4.69, 9.17) is 0 Å². The van der Waals surface area contributed by atoms with Gasteiger partial charge in [-0.1, -0.05) is 37.9 Å². The molecule has 0 spiro atoms. The van der Waals surface area contributed by atoms with Crippen LogP contribution in [0.4, 0.5) is 8.78 Å². The van der Waals surface area contributed by atoms with Gasteiger partial charge in [0.05, 0.1) is 5.33 Å². The highest BCUT2D eigenvalue weighted by atomic mass is 79.9. The maximum absolute atomic E-state index is 12.0. The van der Waals surface area contributed by atoms with Crippen molar-refractivity contribution in [3.63, 3.8) is 0 Å². The van der Waals surface area contributed by atoms with Crippen LogP contribution in [-0.2, 0) is 16.5 Å². The Balaban J connectivity index is 2.89. The van der Waals surface area contributed by atoms with Crippen LogP contribution in [0, 0.1) is 0 Å². The lowest BCUT2D eigenvalue weighted by molar-refractivity contribution is -0.115. The van der Waals surface area contributed by atoms with Crippen LogP contribution in [0.3, 0.4) is 0 Å². The van der Waals surface area contributed by atoms with Crippen molar-refractivity contribution in [3.05, 3.63) is 29.3 Å². The van der Waals surface area contributed by atoms with Crippen molar-refractivity contribution < 1.29 is 18.3 Å². The first-order valence-electron chi connectivity index (χ1n) is 4.77. The number of carbonyl (C=O) groups excluding carboxylic acids is 1. The highest BCUT2D eigenvalue weighted by Gasteiger charge is 2.10. The zero-order valence-electron chi connectivity index (χ0n) is 8.76. The Morgan fingerprint density at radius 3 is 2.53 bits per heavy atom. The van der Waals surface area contributed by atoms with Crippen molar-refractivity contribution in [1.29, 1.82) is 0 Å². The number of ketones is 1. The summed E-state index contributed by atoms with van der Waals surface area (Å²) < 4.78 is 28.3. The lowest BCUT2D eigenvalue weighted by atomic mass is 10.0. The fraction of sp³-hybridized carbons (Fsp3) is 0.364. The zero-order chi connectivity index (χ0) is 12.8. The van der Waals surface area contributed by atoms with Crippen LogP contribution in [0.5, 0.6) is 5.75 Å². The summed E-state index contributed by atoms with van der Waals surface area (Å²) in [4.78, 5) is 11.3. The van der Waals surface area contributed by atoms with E-state index in [9.17, 15) is 13.6 Å². The summed E-state index contributed by atoms with van der Waals surface area (Å²) in [6.45, 7) is -2.84. The predicted molar refractivity (Wildman–Crippen MR) is 68.2 cm³/mol. The summed E-state index contributed by atoms with van der Waals surface area (Å²) in [7, 11) is 0. The minimum Gasteiger partial charge on any atom is -0.435 e. The average molecular weight is 372 g/mol. The second kappa shape index (κ2) is 7.06. The molecule has 0 bridgehead atoms. The summed E-state index contributed by atoms with van der Waals surface area (Å²) >= 11 is 6.34. The van der Waals surface area contributed by atoms with Gasteiger partial charge in [-0.15, -0.1) is 0 Å². The molecule has 1 rings (SSSR count). The van der Waals surface area contributed by atoms with Crippen LogP contribution in [0.2, 0.25) is 0 Å². The monoisotopic (exact) mass is 370 g/mol. The molecule has 0 radical (unpaired) electrons. The van der Waals surface area contributed by atoms with E-state index < -0.39 is 6.61 Å². The Morgan fingerprint density at radius 1 is 1.29 bits per heavy atom. The van der Waals surface area contributed by atoms with E-state index in [2.05, 4.69) is 36.6 Å². The largest absolute Gasteiger partial charge is 0.435 e. The number of carbonyl (C=O) groups is 1. The molecule has 1 aromatic rings.